The number of carboxylic acid groups (broad SMARTS) is 1. The molecule has 212 valence electrons. The van der Waals surface area contributed by atoms with E-state index < -0.39 is 97.6 Å². The van der Waals surface area contributed by atoms with Crippen molar-refractivity contribution in [2.75, 3.05) is 13.7 Å². The van der Waals surface area contributed by atoms with Crippen molar-refractivity contribution in [1.82, 2.24) is 0 Å². The molecule has 11 atom stereocenters. The van der Waals surface area contributed by atoms with Gasteiger partial charge in [0.05, 0.1) is 44.0 Å². The maximum Gasteiger partial charge on any atom is 0.340 e. The highest BCUT2D eigenvalue weighted by Gasteiger charge is 2.51. The van der Waals surface area contributed by atoms with Gasteiger partial charge in [0.25, 0.3) is 0 Å². The molecular formula is C22H34O15. The van der Waals surface area contributed by atoms with Crippen LogP contribution in [0.25, 0.3) is 0 Å². The Morgan fingerprint density at radius 1 is 1.11 bits per heavy atom. The summed E-state index contributed by atoms with van der Waals surface area (Å²) in [7, 11) is 1.05. The molecule has 0 aromatic heterocycles. The normalized spacial score (nSPS) is 35.2. The van der Waals surface area contributed by atoms with Crippen LogP contribution in [-0.2, 0) is 38.1 Å². The van der Waals surface area contributed by atoms with Crippen LogP contribution in [0.3, 0.4) is 0 Å². The van der Waals surface area contributed by atoms with E-state index in [0.717, 1.165) is 27.2 Å². The number of carbonyl (C=O) groups excluding carboxylic acids is 2. The largest absolute Gasteiger partial charge is 0.481 e. The summed E-state index contributed by atoms with van der Waals surface area (Å²) in [4.78, 5) is 36.6. The molecule has 0 spiro atoms. The van der Waals surface area contributed by atoms with Gasteiger partial charge in [-0.1, -0.05) is 0 Å². The molecule has 2 heterocycles. The minimum absolute atomic E-state index is 0.242. The Bertz CT molecular complexity index is 853. The van der Waals surface area contributed by atoms with Crippen LogP contribution in [0.1, 0.15) is 27.2 Å². The van der Waals surface area contributed by atoms with Gasteiger partial charge in [-0.2, -0.15) is 0 Å². The van der Waals surface area contributed by atoms with Crippen LogP contribution >= 0.6 is 0 Å². The maximum atomic E-state index is 12.6. The molecular weight excluding hydrogens is 504 g/mol. The first-order chi connectivity index (χ1) is 17.2. The molecule has 0 unspecified atom stereocenters. The molecule has 0 aromatic rings. The predicted molar refractivity (Wildman–Crippen MR) is 117 cm³/mol. The van der Waals surface area contributed by atoms with E-state index in [0.29, 0.717) is 0 Å². The lowest BCUT2D eigenvalue weighted by Crippen LogP contribution is -2.60. The molecule has 15 nitrogen and oxygen atoms in total. The molecule has 2 aliphatic rings. The summed E-state index contributed by atoms with van der Waals surface area (Å²) in [6.07, 6.45) is -12.7. The maximum absolute atomic E-state index is 12.6. The van der Waals surface area contributed by atoms with Crippen molar-refractivity contribution in [3.63, 3.8) is 0 Å². The Balaban J connectivity index is 2.46. The molecule has 0 saturated carbocycles. The van der Waals surface area contributed by atoms with E-state index in [1.54, 1.807) is 0 Å². The van der Waals surface area contributed by atoms with E-state index >= 15 is 0 Å². The van der Waals surface area contributed by atoms with Crippen molar-refractivity contribution in [2.45, 2.75) is 82.0 Å². The summed E-state index contributed by atoms with van der Waals surface area (Å²) in [5.41, 5.74) is -2.59. The van der Waals surface area contributed by atoms with Crippen molar-refractivity contribution in [3.05, 3.63) is 11.8 Å². The van der Waals surface area contributed by atoms with Crippen molar-refractivity contribution < 1.29 is 73.8 Å². The highest BCUT2D eigenvalue weighted by atomic mass is 16.8. The smallest absolute Gasteiger partial charge is 0.340 e. The minimum atomic E-state index is -2.35. The monoisotopic (exact) mass is 538 g/mol. The van der Waals surface area contributed by atoms with Crippen molar-refractivity contribution in [2.24, 2.45) is 11.8 Å². The van der Waals surface area contributed by atoms with Gasteiger partial charge in [-0.25, -0.2) is 9.59 Å². The first kappa shape index (κ1) is 30.9. The Morgan fingerprint density at radius 2 is 1.73 bits per heavy atom. The standard InChI is InChI=1S/C22H34O15/c1-8(35-21(31)22(3,32)9(2)24)14-10(5-13(25)26)11(18(30)33-4)7-34-19(14)37-20-17(29)16(28)15(27)12(6-23)36-20/h7-10,12,14-17,19-20,23-24,27-29,32H,5-6H2,1-4H3,(H,25,26)/t8-,9-,10+,12+,14+,15+,16-,17+,19-,20-,22-/m0/s1. The molecule has 0 amide bonds. The number of rotatable bonds is 10. The van der Waals surface area contributed by atoms with E-state index in [-0.39, 0.29) is 5.57 Å². The molecule has 1 saturated heterocycles. The Hall–Kier alpha value is -2.37. The molecule has 2 rings (SSSR count). The lowest BCUT2D eigenvalue weighted by atomic mass is 9.78. The Labute approximate surface area is 211 Å². The zero-order valence-electron chi connectivity index (χ0n) is 20.7. The topological polar surface area (TPSA) is 239 Å². The van der Waals surface area contributed by atoms with Crippen LogP contribution in [0.15, 0.2) is 11.8 Å². The Morgan fingerprint density at radius 3 is 2.24 bits per heavy atom. The number of hydrogen-bond acceptors (Lipinski definition) is 14. The van der Waals surface area contributed by atoms with Gasteiger partial charge in [0.15, 0.2) is 11.9 Å². The van der Waals surface area contributed by atoms with Crippen LogP contribution in [0, 0.1) is 11.8 Å². The quantitative estimate of drug-likeness (QED) is 0.137. The van der Waals surface area contributed by atoms with Gasteiger partial charge in [-0.3, -0.25) is 4.79 Å². The number of ether oxygens (including phenoxy) is 5. The molecule has 1 fully saturated rings. The van der Waals surface area contributed by atoms with Crippen LogP contribution in [0.2, 0.25) is 0 Å². The van der Waals surface area contributed by atoms with Crippen molar-refractivity contribution in [1.29, 1.82) is 0 Å². The number of carbonyl (C=O) groups is 3. The van der Waals surface area contributed by atoms with Crippen LogP contribution in [-0.4, -0.2) is 122 Å². The predicted octanol–water partition coefficient (Wildman–Crippen LogP) is -3.01. The second-order valence-electron chi connectivity index (χ2n) is 9.12. The van der Waals surface area contributed by atoms with Crippen LogP contribution in [0.5, 0.6) is 0 Å². The van der Waals surface area contributed by atoms with E-state index in [9.17, 15) is 50.1 Å². The third-order valence-corrected chi connectivity index (χ3v) is 6.50. The van der Waals surface area contributed by atoms with Gasteiger partial charge in [0, 0.05) is 5.92 Å². The first-order valence-corrected chi connectivity index (χ1v) is 11.4. The fraction of sp³-hybridized carbons (Fsp3) is 0.773. The van der Waals surface area contributed by atoms with Crippen molar-refractivity contribution >= 4 is 17.9 Å². The lowest BCUT2D eigenvalue weighted by Gasteiger charge is -2.44. The van der Waals surface area contributed by atoms with Gasteiger partial charge in [0.2, 0.25) is 6.29 Å². The lowest BCUT2D eigenvalue weighted by molar-refractivity contribution is -0.345. The number of aliphatic carboxylic acids is 1. The average molecular weight is 538 g/mol. The average Bonchev–Trinajstić information content (AvgIpc) is 2.83. The fourth-order valence-corrected chi connectivity index (χ4v) is 3.99. The SMILES string of the molecule is COC(=O)C1=CO[C@@H](O[C@@H]2O[C@H](CO)[C@@H](O)[C@H](O)[C@H]2O)[C@H]([C@H](C)OC(=O)[C@@](C)(O)[C@H](C)O)[C@@H]1CC(=O)O. The zero-order valence-corrected chi connectivity index (χ0v) is 20.7. The number of carboxylic acids is 1. The second-order valence-corrected chi connectivity index (χ2v) is 9.12. The molecule has 0 aliphatic carbocycles. The highest BCUT2D eigenvalue weighted by molar-refractivity contribution is 5.89. The van der Waals surface area contributed by atoms with E-state index in [2.05, 4.69) is 0 Å². The van der Waals surface area contributed by atoms with Crippen LogP contribution < -0.4 is 0 Å². The molecule has 0 aromatic carbocycles. The van der Waals surface area contributed by atoms with E-state index in [1.807, 2.05) is 0 Å². The van der Waals surface area contributed by atoms with Crippen LogP contribution in [0.4, 0.5) is 0 Å². The fourth-order valence-electron chi connectivity index (χ4n) is 3.99. The zero-order chi connectivity index (χ0) is 28.2. The van der Waals surface area contributed by atoms with Gasteiger partial charge in [0.1, 0.15) is 30.5 Å². The number of aliphatic hydroxyl groups excluding tert-OH is 5. The molecule has 0 bridgehead atoms. The third-order valence-electron chi connectivity index (χ3n) is 6.50. The first-order valence-electron chi connectivity index (χ1n) is 11.4. The molecule has 2 aliphatic heterocycles. The van der Waals surface area contributed by atoms with Gasteiger partial charge in [-0.15, -0.1) is 0 Å². The van der Waals surface area contributed by atoms with E-state index in [1.165, 1.54) is 6.92 Å². The summed E-state index contributed by atoms with van der Waals surface area (Å²) in [5.74, 6) is -6.14. The van der Waals surface area contributed by atoms with Gasteiger partial charge >= 0.3 is 17.9 Å². The molecule has 37 heavy (non-hydrogen) atoms. The molecule has 0 radical (unpaired) electrons. The van der Waals surface area contributed by atoms with E-state index in [4.69, 9.17) is 23.7 Å². The highest BCUT2D eigenvalue weighted by Crippen LogP contribution is 2.39. The minimum Gasteiger partial charge on any atom is -0.481 e. The summed E-state index contributed by atoms with van der Waals surface area (Å²) >= 11 is 0. The third kappa shape index (κ3) is 6.74. The number of esters is 2. The summed E-state index contributed by atoms with van der Waals surface area (Å²) < 4.78 is 26.4. The summed E-state index contributed by atoms with van der Waals surface area (Å²) in [6, 6.07) is 0. The molecule has 15 heteroatoms. The number of aliphatic hydroxyl groups is 6. The number of hydrogen-bond donors (Lipinski definition) is 7. The second kappa shape index (κ2) is 12.4. The van der Waals surface area contributed by atoms with Gasteiger partial charge < -0.3 is 59.4 Å². The number of methoxy groups -OCH3 is 1. The summed E-state index contributed by atoms with van der Waals surface area (Å²) in [6.45, 7) is 2.69. The molecule has 7 N–H and O–H groups in total. The summed E-state index contributed by atoms with van der Waals surface area (Å²) in [5, 5.41) is 69.3. The van der Waals surface area contributed by atoms with Crippen molar-refractivity contribution in [3.8, 4) is 0 Å². The van der Waals surface area contributed by atoms with Gasteiger partial charge in [-0.05, 0) is 20.8 Å². The Kier molecular flexibility index (Phi) is 10.4.